The van der Waals surface area contributed by atoms with E-state index < -0.39 is 0 Å². The van der Waals surface area contributed by atoms with E-state index in [-0.39, 0.29) is 24.3 Å². The molecule has 1 N–H and O–H groups in total. The van der Waals surface area contributed by atoms with Gasteiger partial charge in [-0.05, 0) is 41.3 Å². The van der Waals surface area contributed by atoms with Crippen molar-refractivity contribution in [2.24, 2.45) is 0 Å². The molecule has 1 heterocycles. The Bertz CT molecular complexity index is 925. The van der Waals surface area contributed by atoms with E-state index in [2.05, 4.69) is 5.32 Å². The van der Waals surface area contributed by atoms with Crippen LogP contribution in [0.15, 0.2) is 72.1 Å². The molecule has 0 saturated carbocycles. The lowest BCUT2D eigenvalue weighted by Gasteiger charge is -2.26. The number of nitrogens with zero attached hydrogens (tertiary/aromatic N) is 1. The summed E-state index contributed by atoms with van der Waals surface area (Å²) in [6.45, 7) is 1.94. The number of rotatable bonds is 8. The van der Waals surface area contributed by atoms with Gasteiger partial charge in [0.15, 0.2) is 0 Å². The van der Waals surface area contributed by atoms with Crippen LogP contribution in [0, 0.1) is 0 Å². The van der Waals surface area contributed by atoms with Crippen molar-refractivity contribution < 1.29 is 14.3 Å². The first-order chi connectivity index (χ1) is 14.1. The average Bonchev–Trinajstić information content (AvgIpc) is 3.25. The minimum absolute atomic E-state index is 0.0637. The van der Waals surface area contributed by atoms with Gasteiger partial charge >= 0.3 is 0 Å². The van der Waals surface area contributed by atoms with Gasteiger partial charge in [-0.1, -0.05) is 36.4 Å². The third kappa shape index (κ3) is 5.68. The second kappa shape index (κ2) is 9.89. The van der Waals surface area contributed by atoms with E-state index in [0.29, 0.717) is 6.54 Å². The van der Waals surface area contributed by atoms with E-state index in [1.165, 1.54) is 6.92 Å². The van der Waals surface area contributed by atoms with Gasteiger partial charge in [-0.25, -0.2) is 0 Å². The van der Waals surface area contributed by atoms with Gasteiger partial charge in [0.2, 0.25) is 11.8 Å². The molecule has 0 bridgehead atoms. The van der Waals surface area contributed by atoms with Crippen LogP contribution in [0.1, 0.15) is 29.8 Å². The van der Waals surface area contributed by atoms with Gasteiger partial charge in [-0.3, -0.25) is 9.59 Å². The van der Waals surface area contributed by atoms with E-state index >= 15 is 0 Å². The molecule has 150 valence electrons. The molecule has 3 aromatic rings. The molecule has 0 radical (unpaired) electrons. The molecular weight excluding hydrogens is 384 g/mol. The monoisotopic (exact) mass is 408 g/mol. The first-order valence-electron chi connectivity index (χ1n) is 9.35. The van der Waals surface area contributed by atoms with Gasteiger partial charge in [0, 0.05) is 17.5 Å². The molecule has 0 aliphatic heterocycles. The predicted molar refractivity (Wildman–Crippen MR) is 116 cm³/mol. The van der Waals surface area contributed by atoms with Gasteiger partial charge in [0.05, 0.1) is 26.1 Å². The molecule has 0 fully saturated rings. The molecule has 1 atom stereocenters. The quantitative estimate of drug-likeness (QED) is 0.595. The topological polar surface area (TPSA) is 58.6 Å². The zero-order valence-electron chi connectivity index (χ0n) is 16.5. The summed E-state index contributed by atoms with van der Waals surface area (Å²) in [4.78, 5) is 27.9. The highest BCUT2D eigenvalue weighted by Gasteiger charge is 2.23. The van der Waals surface area contributed by atoms with Crippen molar-refractivity contribution in [3.05, 3.63) is 82.6 Å². The lowest BCUT2D eigenvalue weighted by atomic mass is 10.0. The Kier molecular flexibility index (Phi) is 7.03. The Balaban J connectivity index is 1.86. The number of nitrogens with one attached hydrogen (secondary N) is 1. The number of hydrogen-bond acceptors (Lipinski definition) is 4. The van der Waals surface area contributed by atoms with E-state index in [1.807, 2.05) is 72.1 Å². The van der Waals surface area contributed by atoms with Crippen molar-refractivity contribution in [2.45, 2.75) is 25.9 Å². The van der Waals surface area contributed by atoms with Crippen LogP contribution < -0.4 is 15.0 Å². The largest absolute Gasteiger partial charge is 0.497 e. The molecule has 0 saturated heterocycles. The summed E-state index contributed by atoms with van der Waals surface area (Å²) in [7, 11) is 1.61. The molecule has 2 amide bonds. The van der Waals surface area contributed by atoms with Gasteiger partial charge in [-0.2, -0.15) is 0 Å². The second-order valence-electron chi connectivity index (χ2n) is 6.63. The van der Waals surface area contributed by atoms with Crippen LogP contribution >= 0.6 is 11.3 Å². The fraction of sp³-hybridized carbons (Fsp3) is 0.217. The lowest BCUT2D eigenvalue weighted by Crippen LogP contribution is -2.35. The van der Waals surface area contributed by atoms with Crippen LogP contribution in [0.4, 0.5) is 5.69 Å². The van der Waals surface area contributed by atoms with Crippen molar-refractivity contribution in [1.29, 1.82) is 0 Å². The standard InChI is InChI=1S/C23H24N2O3S/c1-17(26)24-22(18-7-4-3-5-8-18)15-23(27)25(16-21-9-6-14-29-21)19-10-12-20(28-2)13-11-19/h3-14,22H,15-16H2,1-2H3,(H,24,26)/t22-/m1/s1. The van der Waals surface area contributed by atoms with Crippen molar-refractivity contribution in [3.8, 4) is 5.75 Å². The average molecular weight is 409 g/mol. The maximum Gasteiger partial charge on any atom is 0.229 e. The molecule has 5 nitrogen and oxygen atoms in total. The Morgan fingerprint density at radius 1 is 1.03 bits per heavy atom. The fourth-order valence-electron chi connectivity index (χ4n) is 3.11. The van der Waals surface area contributed by atoms with Gasteiger partial charge in [0.25, 0.3) is 0 Å². The van der Waals surface area contributed by atoms with Crippen molar-refractivity contribution in [2.75, 3.05) is 12.0 Å². The Morgan fingerprint density at radius 3 is 2.34 bits per heavy atom. The Hall–Kier alpha value is -3.12. The summed E-state index contributed by atoms with van der Waals surface area (Å²) in [5.74, 6) is 0.504. The number of carbonyl (C=O) groups is 2. The molecule has 0 unspecified atom stereocenters. The van der Waals surface area contributed by atoms with Crippen LogP contribution in [0.3, 0.4) is 0 Å². The summed E-state index contributed by atoms with van der Waals surface area (Å²) in [5.41, 5.74) is 1.70. The van der Waals surface area contributed by atoms with E-state index in [9.17, 15) is 9.59 Å². The van der Waals surface area contributed by atoms with Gasteiger partial charge < -0.3 is 15.0 Å². The highest BCUT2D eigenvalue weighted by atomic mass is 32.1. The van der Waals surface area contributed by atoms with Crippen molar-refractivity contribution in [3.63, 3.8) is 0 Å². The Labute approximate surface area is 174 Å². The maximum atomic E-state index is 13.3. The van der Waals surface area contributed by atoms with E-state index in [4.69, 9.17) is 4.74 Å². The summed E-state index contributed by atoms with van der Waals surface area (Å²) in [6.07, 6.45) is 0.168. The number of amides is 2. The third-order valence-electron chi connectivity index (χ3n) is 4.54. The molecular formula is C23H24N2O3S. The van der Waals surface area contributed by atoms with Crippen LogP contribution in [-0.2, 0) is 16.1 Å². The van der Waals surface area contributed by atoms with Gasteiger partial charge in [0.1, 0.15) is 5.75 Å². The number of thiophene rings is 1. The summed E-state index contributed by atoms with van der Waals surface area (Å²) >= 11 is 1.61. The molecule has 6 heteroatoms. The van der Waals surface area contributed by atoms with Crippen LogP contribution in [-0.4, -0.2) is 18.9 Å². The summed E-state index contributed by atoms with van der Waals surface area (Å²) < 4.78 is 5.23. The maximum absolute atomic E-state index is 13.3. The predicted octanol–water partition coefficient (Wildman–Crippen LogP) is 4.56. The zero-order valence-corrected chi connectivity index (χ0v) is 17.3. The fourth-order valence-corrected chi connectivity index (χ4v) is 3.80. The van der Waals surface area contributed by atoms with E-state index in [0.717, 1.165) is 21.9 Å². The lowest BCUT2D eigenvalue weighted by molar-refractivity contribution is -0.121. The molecule has 1 aromatic heterocycles. The number of benzene rings is 2. The SMILES string of the molecule is COc1ccc(N(Cc2cccs2)C(=O)C[C@@H](NC(C)=O)c2ccccc2)cc1. The number of ether oxygens (including phenoxy) is 1. The zero-order chi connectivity index (χ0) is 20.6. The number of hydrogen-bond donors (Lipinski definition) is 1. The third-order valence-corrected chi connectivity index (χ3v) is 5.40. The van der Waals surface area contributed by atoms with E-state index in [1.54, 1.807) is 23.3 Å². The first kappa shape index (κ1) is 20.6. The summed E-state index contributed by atoms with van der Waals surface area (Å²) in [6, 6.07) is 20.6. The van der Waals surface area contributed by atoms with Gasteiger partial charge in [-0.15, -0.1) is 11.3 Å². The Morgan fingerprint density at radius 2 is 1.76 bits per heavy atom. The minimum atomic E-state index is -0.384. The van der Waals surface area contributed by atoms with Crippen LogP contribution in [0.2, 0.25) is 0 Å². The van der Waals surface area contributed by atoms with Crippen molar-refractivity contribution >= 4 is 28.8 Å². The first-order valence-corrected chi connectivity index (χ1v) is 10.2. The smallest absolute Gasteiger partial charge is 0.229 e. The van der Waals surface area contributed by atoms with Crippen molar-refractivity contribution in [1.82, 2.24) is 5.32 Å². The minimum Gasteiger partial charge on any atom is -0.497 e. The molecule has 2 aromatic carbocycles. The molecule has 29 heavy (non-hydrogen) atoms. The normalized spacial score (nSPS) is 11.5. The molecule has 0 aliphatic rings. The number of methoxy groups -OCH3 is 1. The number of carbonyl (C=O) groups excluding carboxylic acids is 2. The van der Waals surface area contributed by atoms with Crippen LogP contribution in [0.5, 0.6) is 5.75 Å². The second-order valence-corrected chi connectivity index (χ2v) is 7.66. The highest BCUT2D eigenvalue weighted by Crippen LogP contribution is 2.26. The molecule has 0 aliphatic carbocycles. The molecule has 3 rings (SSSR count). The molecule has 0 spiro atoms. The number of anilines is 1. The van der Waals surface area contributed by atoms with Crippen LogP contribution in [0.25, 0.3) is 0 Å². The highest BCUT2D eigenvalue weighted by molar-refractivity contribution is 7.09. The summed E-state index contributed by atoms with van der Waals surface area (Å²) in [5, 5.41) is 4.90.